The Morgan fingerprint density at radius 1 is 1.44 bits per heavy atom. The average molecular weight is 219 g/mol. The number of hydrogen-bond donors (Lipinski definition) is 0. The summed E-state index contributed by atoms with van der Waals surface area (Å²) in [6, 6.07) is 1.67. The van der Waals surface area contributed by atoms with E-state index in [0.717, 1.165) is 0 Å². The summed E-state index contributed by atoms with van der Waals surface area (Å²) < 4.78 is 4.73. The lowest BCUT2D eigenvalue weighted by atomic mass is 10.1. The van der Waals surface area contributed by atoms with Crippen molar-refractivity contribution in [3.63, 3.8) is 0 Å². The van der Waals surface area contributed by atoms with Crippen LogP contribution in [-0.2, 0) is 9.53 Å². The quantitative estimate of drug-likeness (QED) is 0.440. The monoisotopic (exact) mass is 219 g/mol. The van der Waals surface area contributed by atoms with Crippen LogP contribution in [0.2, 0.25) is 0 Å². The molecule has 0 unspecified atom stereocenters. The van der Waals surface area contributed by atoms with E-state index in [4.69, 9.17) is 4.74 Å². The number of nitrogens with zero attached hydrogens (tertiary/aromatic N) is 1. The molecule has 0 N–H and O–H groups in total. The molecule has 0 aliphatic carbocycles. The highest BCUT2D eigenvalue weighted by Crippen LogP contribution is 2.05. The predicted octanol–water partition coefficient (Wildman–Crippen LogP) is 1.86. The van der Waals surface area contributed by atoms with Crippen molar-refractivity contribution in [3.05, 3.63) is 35.7 Å². The molecule has 0 amide bonds. The molecule has 4 nitrogen and oxygen atoms in total. The Morgan fingerprint density at radius 3 is 2.81 bits per heavy atom. The molecule has 0 spiro atoms. The van der Waals surface area contributed by atoms with Gasteiger partial charge in [0.2, 0.25) is 0 Å². The summed E-state index contributed by atoms with van der Waals surface area (Å²) in [5.74, 6) is -0.463. The SMILES string of the molecule is CCOC(=O)/C=C/c1cncc(C(C)=O)c1. The van der Waals surface area contributed by atoms with Crippen molar-refractivity contribution >= 4 is 17.8 Å². The number of pyridine rings is 1. The van der Waals surface area contributed by atoms with Gasteiger partial charge in [-0.15, -0.1) is 0 Å². The van der Waals surface area contributed by atoms with Crippen molar-refractivity contribution < 1.29 is 14.3 Å². The third-order valence-corrected chi connectivity index (χ3v) is 1.86. The number of esters is 1. The van der Waals surface area contributed by atoms with Gasteiger partial charge in [0.05, 0.1) is 6.61 Å². The van der Waals surface area contributed by atoms with Gasteiger partial charge in [-0.2, -0.15) is 0 Å². The van der Waals surface area contributed by atoms with Gasteiger partial charge in [-0.1, -0.05) is 0 Å². The van der Waals surface area contributed by atoms with Crippen molar-refractivity contribution in [2.75, 3.05) is 6.61 Å². The van der Waals surface area contributed by atoms with Gasteiger partial charge < -0.3 is 4.74 Å². The molecular weight excluding hydrogens is 206 g/mol. The highest BCUT2D eigenvalue weighted by atomic mass is 16.5. The van der Waals surface area contributed by atoms with Crippen LogP contribution in [0.15, 0.2) is 24.5 Å². The second-order valence-corrected chi connectivity index (χ2v) is 3.15. The predicted molar refractivity (Wildman–Crippen MR) is 59.9 cm³/mol. The largest absolute Gasteiger partial charge is 0.463 e. The molecule has 0 radical (unpaired) electrons. The van der Waals surface area contributed by atoms with Gasteiger partial charge in [-0.3, -0.25) is 9.78 Å². The number of ether oxygens (including phenoxy) is 1. The maximum atomic E-state index is 11.1. The standard InChI is InChI=1S/C12H13NO3/c1-3-16-12(15)5-4-10-6-11(9(2)14)8-13-7-10/h4-8H,3H2,1-2H3/b5-4+. The normalized spacial score (nSPS) is 10.4. The Hall–Kier alpha value is -1.97. The van der Waals surface area contributed by atoms with Crippen molar-refractivity contribution in [1.82, 2.24) is 4.98 Å². The van der Waals surface area contributed by atoms with Gasteiger partial charge in [-0.05, 0) is 31.6 Å². The van der Waals surface area contributed by atoms with Crippen LogP contribution < -0.4 is 0 Å². The van der Waals surface area contributed by atoms with Crippen LogP contribution in [0.5, 0.6) is 0 Å². The Morgan fingerprint density at radius 2 is 2.19 bits per heavy atom. The zero-order chi connectivity index (χ0) is 12.0. The van der Waals surface area contributed by atoms with Gasteiger partial charge >= 0.3 is 5.97 Å². The first-order valence-corrected chi connectivity index (χ1v) is 4.94. The fourth-order valence-electron chi connectivity index (χ4n) is 1.10. The summed E-state index contributed by atoms with van der Waals surface area (Å²) in [5, 5.41) is 0. The molecule has 4 heteroatoms. The van der Waals surface area contributed by atoms with Gasteiger partial charge in [0.25, 0.3) is 0 Å². The maximum Gasteiger partial charge on any atom is 0.330 e. The van der Waals surface area contributed by atoms with E-state index >= 15 is 0 Å². The van der Waals surface area contributed by atoms with Crippen LogP contribution >= 0.6 is 0 Å². The number of rotatable bonds is 4. The maximum absolute atomic E-state index is 11.1. The highest BCUT2D eigenvalue weighted by molar-refractivity contribution is 5.94. The highest BCUT2D eigenvalue weighted by Gasteiger charge is 2.00. The molecule has 0 saturated heterocycles. The lowest BCUT2D eigenvalue weighted by Gasteiger charge is -1.97. The average Bonchev–Trinajstić information content (AvgIpc) is 2.27. The van der Waals surface area contributed by atoms with E-state index < -0.39 is 5.97 Å². The molecule has 0 aromatic carbocycles. The van der Waals surface area contributed by atoms with E-state index in [0.29, 0.717) is 17.7 Å². The van der Waals surface area contributed by atoms with E-state index in [1.54, 1.807) is 25.3 Å². The second-order valence-electron chi connectivity index (χ2n) is 3.15. The molecule has 0 aliphatic rings. The fourth-order valence-corrected chi connectivity index (χ4v) is 1.10. The molecule has 16 heavy (non-hydrogen) atoms. The Labute approximate surface area is 94.0 Å². The summed E-state index contributed by atoms with van der Waals surface area (Å²) in [6.07, 6.45) is 5.94. The first-order chi connectivity index (χ1) is 7.63. The van der Waals surface area contributed by atoms with Gasteiger partial charge in [0, 0.05) is 24.0 Å². The van der Waals surface area contributed by atoms with Crippen LogP contribution in [0.4, 0.5) is 0 Å². The van der Waals surface area contributed by atoms with E-state index in [2.05, 4.69) is 4.98 Å². The van der Waals surface area contributed by atoms with Crippen LogP contribution in [0.25, 0.3) is 6.08 Å². The lowest BCUT2D eigenvalue weighted by Crippen LogP contribution is -1.99. The lowest BCUT2D eigenvalue weighted by molar-refractivity contribution is -0.137. The number of carbonyl (C=O) groups excluding carboxylic acids is 2. The van der Waals surface area contributed by atoms with Crippen molar-refractivity contribution in [1.29, 1.82) is 0 Å². The number of carbonyl (C=O) groups is 2. The fraction of sp³-hybridized carbons (Fsp3) is 0.250. The molecule has 0 saturated carbocycles. The zero-order valence-corrected chi connectivity index (χ0v) is 9.27. The van der Waals surface area contributed by atoms with Crippen molar-refractivity contribution in [2.24, 2.45) is 0 Å². The van der Waals surface area contributed by atoms with Crippen LogP contribution in [0.3, 0.4) is 0 Å². The summed E-state index contributed by atoms with van der Waals surface area (Å²) in [7, 11) is 0. The summed E-state index contributed by atoms with van der Waals surface area (Å²) in [4.78, 5) is 26.0. The Balaban J connectivity index is 2.77. The van der Waals surface area contributed by atoms with E-state index in [1.807, 2.05) is 0 Å². The molecule has 84 valence electrons. The summed E-state index contributed by atoms with van der Waals surface area (Å²) in [6.45, 7) is 3.55. The third kappa shape index (κ3) is 3.65. The van der Waals surface area contributed by atoms with Crippen molar-refractivity contribution in [2.45, 2.75) is 13.8 Å². The number of Topliss-reactive ketones (excluding diaryl/α,β-unsaturated/α-hetero) is 1. The minimum absolute atomic E-state index is 0.0566. The van der Waals surface area contributed by atoms with Gasteiger partial charge in [0.1, 0.15) is 0 Å². The minimum atomic E-state index is -0.407. The summed E-state index contributed by atoms with van der Waals surface area (Å²) >= 11 is 0. The topological polar surface area (TPSA) is 56.3 Å². The Kier molecular flexibility index (Phi) is 4.39. The molecular formula is C12H13NO3. The van der Waals surface area contributed by atoms with Gasteiger partial charge in [-0.25, -0.2) is 4.79 Å². The zero-order valence-electron chi connectivity index (χ0n) is 9.27. The number of aromatic nitrogens is 1. The van der Waals surface area contributed by atoms with Crippen LogP contribution in [-0.4, -0.2) is 23.3 Å². The van der Waals surface area contributed by atoms with E-state index in [1.165, 1.54) is 19.2 Å². The molecule has 0 aliphatic heterocycles. The second kappa shape index (κ2) is 5.80. The number of ketones is 1. The van der Waals surface area contributed by atoms with E-state index in [-0.39, 0.29) is 5.78 Å². The van der Waals surface area contributed by atoms with Gasteiger partial charge in [0.15, 0.2) is 5.78 Å². The van der Waals surface area contributed by atoms with E-state index in [9.17, 15) is 9.59 Å². The first kappa shape index (κ1) is 12.1. The smallest absolute Gasteiger partial charge is 0.330 e. The summed E-state index contributed by atoms with van der Waals surface area (Å²) in [5.41, 5.74) is 1.21. The molecule has 1 aromatic heterocycles. The first-order valence-electron chi connectivity index (χ1n) is 4.94. The Bertz CT molecular complexity index is 424. The molecule has 1 heterocycles. The molecule has 1 rings (SSSR count). The van der Waals surface area contributed by atoms with Crippen molar-refractivity contribution in [3.8, 4) is 0 Å². The molecule has 1 aromatic rings. The van der Waals surface area contributed by atoms with Crippen LogP contribution in [0, 0.1) is 0 Å². The van der Waals surface area contributed by atoms with Crippen LogP contribution in [0.1, 0.15) is 29.8 Å². The number of hydrogen-bond acceptors (Lipinski definition) is 4. The molecule has 0 bridgehead atoms. The molecule has 0 atom stereocenters. The minimum Gasteiger partial charge on any atom is -0.463 e. The molecule has 0 fully saturated rings. The third-order valence-electron chi connectivity index (χ3n) is 1.86.